The van der Waals surface area contributed by atoms with Crippen molar-refractivity contribution in [3.63, 3.8) is 0 Å². The van der Waals surface area contributed by atoms with Gasteiger partial charge in [0.2, 0.25) is 0 Å². The predicted molar refractivity (Wildman–Crippen MR) is 55.8 cm³/mol. The van der Waals surface area contributed by atoms with Gasteiger partial charge in [0.15, 0.2) is 9.84 Å². The molecule has 0 aromatic heterocycles. The summed E-state index contributed by atoms with van der Waals surface area (Å²) in [6.07, 6.45) is 0.0280. The molecule has 0 aliphatic rings. The lowest BCUT2D eigenvalue weighted by atomic mass is 10.1. The maximum atomic E-state index is 12.8. The Balaban J connectivity index is 2.94. The molecule has 7 heteroatoms. The zero-order valence-corrected chi connectivity index (χ0v) is 9.67. The molecule has 17 heavy (non-hydrogen) atoms. The molecule has 0 spiro atoms. The number of rotatable bonds is 4. The molecule has 4 nitrogen and oxygen atoms in total. The average molecular weight is 264 g/mol. The normalized spacial score (nSPS) is 12.4. The second-order valence-electron chi connectivity index (χ2n) is 3.60. The molecule has 0 saturated carbocycles. The number of hydrogen-bond acceptors (Lipinski definition) is 3. The van der Waals surface area contributed by atoms with Crippen molar-refractivity contribution in [1.82, 2.24) is 0 Å². The number of alkyl halides is 2. The molecule has 94 valence electrons. The van der Waals surface area contributed by atoms with Crippen molar-refractivity contribution >= 4 is 15.8 Å². The van der Waals surface area contributed by atoms with Gasteiger partial charge >= 0.3 is 11.9 Å². The lowest BCUT2D eigenvalue weighted by molar-refractivity contribution is -0.164. The minimum Gasteiger partial charge on any atom is -0.477 e. The Morgan fingerprint density at radius 2 is 1.76 bits per heavy atom. The van der Waals surface area contributed by atoms with E-state index in [-0.39, 0.29) is 10.5 Å². The van der Waals surface area contributed by atoms with Crippen LogP contribution in [0.1, 0.15) is 5.56 Å². The van der Waals surface area contributed by atoms with Crippen LogP contribution in [0.5, 0.6) is 0 Å². The third-order valence-electron chi connectivity index (χ3n) is 2.09. The van der Waals surface area contributed by atoms with E-state index in [4.69, 9.17) is 5.11 Å². The van der Waals surface area contributed by atoms with Gasteiger partial charge in [-0.25, -0.2) is 13.2 Å². The summed E-state index contributed by atoms with van der Waals surface area (Å²) in [5, 5.41) is 8.24. The van der Waals surface area contributed by atoms with Crippen LogP contribution in [0.2, 0.25) is 0 Å². The molecule has 0 aliphatic carbocycles. The molecule has 1 rings (SSSR count). The summed E-state index contributed by atoms with van der Waals surface area (Å²) in [5.41, 5.74) is 0.0600. The molecule has 0 saturated heterocycles. The predicted octanol–water partition coefficient (Wildman–Crippen LogP) is 1.35. The van der Waals surface area contributed by atoms with Gasteiger partial charge in [0.05, 0.1) is 4.90 Å². The maximum Gasteiger partial charge on any atom is 0.374 e. The highest BCUT2D eigenvalue weighted by atomic mass is 32.2. The van der Waals surface area contributed by atoms with Gasteiger partial charge < -0.3 is 5.11 Å². The highest BCUT2D eigenvalue weighted by Gasteiger charge is 2.38. The van der Waals surface area contributed by atoms with E-state index in [0.717, 1.165) is 6.26 Å². The van der Waals surface area contributed by atoms with Crippen LogP contribution in [0.3, 0.4) is 0 Å². The zero-order chi connectivity index (χ0) is 13.3. The monoisotopic (exact) mass is 264 g/mol. The molecule has 0 unspecified atom stereocenters. The van der Waals surface area contributed by atoms with E-state index in [1.807, 2.05) is 0 Å². The molecule has 1 aromatic carbocycles. The molecule has 0 bridgehead atoms. The van der Waals surface area contributed by atoms with Gasteiger partial charge in [-0.15, -0.1) is 0 Å². The Kier molecular flexibility index (Phi) is 3.51. The Labute approximate surface area is 96.8 Å². The summed E-state index contributed by atoms with van der Waals surface area (Å²) in [7, 11) is -3.38. The van der Waals surface area contributed by atoms with Gasteiger partial charge in [-0.3, -0.25) is 0 Å². The molecular formula is C10H10F2O4S. The summed E-state index contributed by atoms with van der Waals surface area (Å²) in [5.74, 6) is -6.06. The van der Waals surface area contributed by atoms with Gasteiger partial charge in [-0.05, 0) is 17.7 Å². The van der Waals surface area contributed by atoms with Gasteiger partial charge in [0, 0.05) is 12.7 Å². The second kappa shape index (κ2) is 4.40. The Hall–Kier alpha value is -1.50. The third kappa shape index (κ3) is 3.48. The van der Waals surface area contributed by atoms with Crippen LogP contribution < -0.4 is 0 Å². The SMILES string of the molecule is CS(=O)(=O)c1ccc(CC(F)(F)C(=O)O)cc1. The molecule has 1 aromatic rings. The molecule has 0 aliphatic heterocycles. The number of carbonyl (C=O) groups is 1. The van der Waals surface area contributed by atoms with Crippen molar-refractivity contribution in [2.24, 2.45) is 0 Å². The molecule has 0 radical (unpaired) electrons. The Morgan fingerprint density at radius 3 is 2.12 bits per heavy atom. The first-order chi connectivity index (χ1) is 7.63. The molecule has 0 amide bonds. The van der Waals surface area contributed by atoms with Crippen LogP contribution in [0.25, 0.3) is 0 Å². The van der Waals surface area contributed by atoms with Crippen molar-refractivity contribution < 1.29 is 27.1 Å². The third-order valence-corrected chi connectivity index (χ3v) is 3.22. The van der Waals surface area contributed by atoms with Gasteiger partial charge in [0.25, 0.3) is 0 Å². The van der Waals surface area contributed by atoms with Gasteiger partial charge in [-0.1, -0.05) is 12.1 Å². The van der Waals surface area contributed by atoms with Crippen LogP contribution in [0, 0.1) is 0 Å². The van der Waals surface area contributed by atoms with E-state index in [1.165, 1.54) is 24.3 Å². The van der Waals surface area contributed by atoms with Crippen molar-refractivity contribution in [2.75, 3.05) is 6.26 Å². The number of sulfone groups is 1. The number of aliphatic carboxylic acids is 1. The first kappa shape index (κ1) is 13.6. The lowest BCUT2D eigenvalue weighted by Gasteiger charge is -2.10. The van der Waals surface area contributed by atoms with E-state index >= 15 is 0 Å². The van der Waals surface area contributed by atoms with E-state index in [0.29, 0.717) is 0 Å². The number of carboxylic acids is 1. The fourth-order valence-corrected chi connectivity index (χ4v) is 1.82. The fourth-order valence-electron chi connectivity index (χ4n) is 1.19. The molecule has 0 fully saturated rings. The lowest BCUT2D eigenvalue weighted by Crippen LogP contribution is -2.30. The quantitative estimate of drug-likeness (QED) is 0.891. The average Bonchev–Trinajstić information content (AvgIpc) is 2.16. The summed E-state index contributed by atoms with van der Waals surface area (Å²) in [6.45, 7) is 0. The summed E-state index contributed by atoms with van der Waals surface area (Å²) >= 11 is 0. The summed E-state index contributed by atoms with van der Waals surface area (Å²) in [6, 6.07) is 4.69. The number of carboxylic acid groups (broad SMARTS) is 1. The Morgan fingerprint density at radius 1 is 1.29 bits per heavy atom. The van der Waals surface area contributed by atoms with E-state index in [9.17, 15) is 22.0 Å². The van der Waals surface area contributed by atoms with Crippen molar-refractivity contribution in [1.29, 1.82) is 0 Å². The van der Waals surface area contributed by atoms with Crippen LogP contribution >= 0.6 is 0 Å². The largest absolute Gasteiger partial charge is 0.477 e. The van der Waals surface area contributed by atoms with Crippen LogP contribution in [0.15, 0.2) is 29.2 Å². The molecular weight excluding hydrogens is 254 g/mol. The smallest absolute Gasteiger partial charge is 0.374 e. The summed E-state index contributed by atoms with van der Waals surface area (Å²) < 4.78 is 47.9. The highest BCUT2D eigenvalue weighted by Crippen LogP contribution is 2.21. The highest BCUT2D eigenvalue weighted by molar-refractivity contribution is 7.90. The molecule has 0 atom stereocenters. The molecule has 1 N–H and O–H groups in total. The number of halogens is 2. The van der Waals surface area contributed by atoms with Gasteiger partial charge in [-0.2, -0.15) is 8.78 Å². The van der Waals surface area contributed by atoms with Crippen LogP contribution in [0.4, 0.5) is 8.78 Å². The number of hydrogen-bond donors (Lipinski definition) is 1. The van der Waals surface area contributed by atoms with E-state index in [1.54, 1.807) is 0 Å². The van der Waals surface area contributed by atoms with Crippen LogP contribution in [-0.2, 0) is 21.1 Å². The zero-order valence-electron chi connectivity index (χ0n) is 8.85. The fraction of sp³-hybridized carbons (Fsp3) is 0.300. The van der Waals surface area contributed by atoms with Gasteiger partial charge in [0.1, 0.15) is 0 Å². The van der Waals surface area contributed by atoms with Crippen LogP contribution in [-0.4, -0.2) is 31.7 Å². The first-order valence-electron chi connectivity index (χ1n) is 4.53. The minimum absolute atomic E-state index is 0.000101. The second-order valence-corrected chi connectivity index (χ2v) is 5.62. The van der Waals surface area contributed by atoms with Crippen molar-refractivity contribution in [3.05, 3.63) is 29.8 Å². The first-order valence-corrected chi connectivity index (χ1v) is 6.42. The van der Waals surface area contributed by atoms with E-state index < -0.39 is 28.1 Å². The van der Waals surface area contributed by atoms with Crippen molar-refractivity contribution in [2.45, 2.75) is 17.2 Å². The van der Waals surface area contributed by atoms with Crippen molar-refractivity contribution in [3.8, 4) is 0 Å². The Bertz CT molecular complexity index is 520. The topological polar surface area (TPSA) is 71.4 Å². The standard InChI is InChI=1S/C10H10F2O4S/c1-17(15,16)8-4-2-7(3-5-8)6-10(11,12)9(13)14/h2-5H,6H2,1H3,(H,13,14). The maximum absolute atomic E-state index is 12.8. The number of benzene rings is 1. The molecule has 0 heterocycles. The van der Waals surface area contributed by atoms with E-state index in [2.05, 4.69) is 0 Å². The minimum atomic E-state index is -3.85. The summed E-state index contributed by atoms with van der Waals surface area (Å²) in [4.78, 5) is 10.2.